The van der Waals surface area contributed by atoms with Crippen molar-refractivity contribution in [3.8, 4) is 5.75 Å². The molecule has 1 aromatic heterocycles. The monoisotopic (exact) mass is 280 g/mol. The van der Waals surface area contributed by atoms with Crippen LogP contribution in [0.15, 0.2) is 18.2 Å². The van der Waals surface area contributed by atoms with Gasteiger partial charge in [0.1, 0.15) is 11.6 Å². The van der Waals surface area contributed by atoms with Crippen LogP contribution in [0, 0.1) is 0 Å². The minimum atomic E-state index is -1.01. The first-order chi connectivity index (χ1) is 8.93. The Labute approximate surface area is 115 Å². The first kappa shape index (κ1) is 13.4. The average molecular weight is 281 g/mol. The third-order valence-corrected chi connectivity index (χ3v) is 3.05. The molecular formula is C13H13ClN2O3. The first-order valence-corrected chi connectivity index (χ1v) is 5.90. The topological polar surface area (TPSA) is 62.7 Å². The second kappa shape index (κ2) is 4.93. The van der Waals surface area contributed by atoms with Crippen LogP contribution in [-0.4, -0.2) is 37.3 Å². The van der Waals surface area contributed by atoms with Gasteiger partial charge < -0.3 is 14.7 Å². The number of aromatic carboxylic acids is 1. The molecule has 0 bridgehead atoms. The molecule has 1 N–H and O–H groups in total. The lowest BCUT2D eigenvalue weighted by atomic mass is 10.1. The molecular weight excluding hydrogens is 268 g/mol. The van der Waals surface area contributed by atoms with Crippen molar-refractivity contribution in [3.63, 3.8) is 0 Å². The number of ether oxygens (including phenoxy) is 1. The molecule has 0 atom stereocenters. The number of halogens is 1. The largest absolute Gasteiger partial charge is 0.495 e. The number of benzene rings is 1. The zero-order valence-corrected chi connectivity index (χ0v) is 11.5. The Balaban J connectivity index is 2.83. The molecule has 5 nitrogen and oxygen atoms in total. The fraction of sp³-hybridized carbons (Fsp3) is 0.231. The normalized spacial score (nSPS) is 10.5. The summed E-state index contributed by atoms with van der Waals surface area (Å²) in [4.78, 5) is 17.5. The van der Waals surface area contributed by atoms with Gasteiger partial charge in [0.05, 0.1) is 23.2 Å². The van der Waals surface area contributed by atoms with Crippen molar-refractivity contribution >= 4 is 34.3 Å². The van der Waals surface area contributed by atoms with Crippen LogP contribution in [0.4, 0.5) is 5.82 Å². The maximum Gasteiger partial charge on any atom is 0.336 e. The molecule has 2 rings (SSSR count). The number of nitrogens with zero attached hydrogens (tertiary/aromatic N) is 2. The van der Waals surface area contributed by atoms with Gasteiger partial charge in [0.2, 0.25) is 0 Å². The standard InChI is InChI=1S/C13H13ClN2O3/c1-16(2)12-5-8(13(17)18)7-4-11(19-3)9(14)6-10(7)15-12/h4-6H,1-3H3,(H,17,18). The van der Waals surface area contributed by atoms with Gasteiger partial charge in [-0.2, -0.15) is 0 Å². The summed E-state index contributed by atoms with van der Waals surface area (Å²) < 4.78 is 5.10. The number of carboxylic acid groups (broad SMARTS) is 1. The maximum atomic E-state index is 11.4. The molecule has 100 valence electrons. The molecule has 0 saturated heterocycles. The molecule has 0 aliphatic carbocycles. The van der Waals surface area contributed by atoms with Crippen molar-refractivity contribution in [1.82, 2.24) is 4.98 Å². The highest BCUT2D eigenvalue weighted by atomic mass is 35.5. The SMILES string of the molecule is COc1cc2c(C(=O)O)cc(N(C)C)nc2cc1Cl. The number of rotatable bonds is 3. The van der Waals surface area contributed by atoms with E-state index in [9.17, 15) is 9.90 Å². The molecule has 0 amide bonds. The van der Waals surface area contributed by atoms with E-state index >= 15 is 0 Å². The Morgan fingerprint density at radius 2 is 2.05 bits per heavy atom. The molecule has 0 aliphatic heterocycles. The fourth-order valence-corrected chi connectivity index (χ4v) is 2.01. The summed E-state index contributed by atoms with van der Waals surface area (Å²) in [6.45, 7) is 0. The highest BCUT2D eigenvalue weighted by molar-refractivity contribution is 6.33. The minimum Gasteiger partial charge on any atom is -0.495 e. The summed E-state index contributed by atoms with van der Waals surface area (Å²) in [6.07, 6.45) is 0. The maximum absolute atomic E-state index is 11.4. The van der Waals surface area contributed by atoms with Crippen LogP contribution in [-0.2, 0) is 0 Å². The summed E-state index contributed by atoms with van der Waals surface area (Å²) >= 11 is 6.04. The van der Waals surface area contributed by atoms with E-state index in [-0.39, 0.29) is 5.56 Å². The number of anilines is 1. The second-order valence-corrected chi connectivity index (χ2v) is 4.64. The molecule has 0 radical (unpaired) electrons. The number of carbonyl (C=O) groups is 1. The quantitative estimate of drug-likeness (QED) is 0.936. The molecule has 0 unspecified atom stereocenters. The van der Waals surface area contributed by atoms with E-state index in [2.05, 4.69) is 4.98 Å². The lowest BCUT2D eigenvalue weighted by Gasteiger charge is -2.14. The van der Waals surface area contributed by atoms with Crippen molar-refractivity contribution in [3.05, 3.63) is 28.8 Å². The molecule has 0 saturated carbocycles. The zero-order valence-electron chi connectivity index (χ0n) is 10.8. The zero-order chi connectivity index (χ0) is 14.2. The van der Waals surface area contributed by atoms with Crippen LogP contribution in [0.25, 0.3) is 10.9 Å². The van der Waals surface area contributed by atoms with Crippen LogP contribution in [0.5, 0.6) is 5.75 Å². The predicted molar refractivity (Wildman–Crippen MR) is 74.6 cm³/mol. The molecule has 1 heterocycles. The second-order valence-electron chi connectivity index (χ2n) is 4.23. The number of aromatic nitrogens is 1. The average Bonchev–Trinajstić information content (AvgIpc) is 2.36. The van der Waals surface area contributed by atoms with E-state index in [4.69, 9.17) is 16.3 Å². The number of hydrogen-bond donors (Lipinski definition) is 1. The lowest BCUT2D eigenvalue weighted by Crippen LogP contribution is -2.12. The Morgan fingerprint density at radius 3 is 2.58 bits per heavy atom. The van der Waals surface area contributed by atoms with Crippen LogP contribution in [0.1, 0.15) is 10.4 Å². The van der Waals surface area contributed by atoms with Crippen molar-refractivity contribution in [2.45, 2.75) is 0 Å². The van der Waals surface area contributed by atoms with E-state index in [0.29, 0.717) is 27.5 Å². The van der Waals surface area contributed by atoms with E-state index in [1.807, 2.05) is 0 Å². The van der Waals surface area contributed by atoms with Gasteiger partial charge in [0, 0.05) is 19.5 Å². The van der Waals surface area contributed by atoms with E-state index < -0.39 is 5.97 Å². The van der Waals surface area contributed by atoms with Gasteiger partial charge in [-0.25, -0.2) is 9.78 Å². The summed E-state index contributed by atoms with van der Waals surface area (Å²) in [6, 6.07) is 4.72. The van der Waals surface area contributed by atoms with Crippen molar-refractivity contribution < 1.29 is 14.6 Å². The Morgan fingerprint density at radius 1 is 1.37 bits per heavy atom. The Bertz CT molecular complexity index is 656. The number of fused-ring (bicyclic) bond motifs is 1. The van der Waals surface area contributed by atoms with Crippen LogP contribution in [0.3, 0.4) is 0 Å². The fourth-order valence-electron chi connectivity index (χ4n) is 1.78. The van der Waals surface area contributed by atoms with E-state index in [0.717, 1.165) is 0 Å². The number of carboxylic acids is 1. The summed E-state index contributed by atoms with van der Waals surface area (Å²) in [5.74, 6) is -0.0259. The Hall–Kier alpha value is -2.01. The third kappa shape index (κ3) is 2.42. The van der Waals surface area contributed by atoms with Gasteiger partial charge in [0.15, 0.2) is 0 Å². The van der Waals surface area contributed by atoms with Crippen LogP contribution in [0.2, 0.25) is 5.02 Å². The number of hydrogen-bond acceptors (Lipinski definition) is 4. The first-order valence-electron chi connectivity index (χ1n) is 5.53. The summed E-state index contributed by atoms with van der Waals surface area (Å²) in [5, 5.41) is 10.2. The van der Waals surface area contributed by atoms with Gasteiger partial charge in [-0.3, -0.25) is 0 Å². The predicted octanol–water partition coefficient (Wildman–Crippen LogP) is 2.66. The summed E-state index contributed by atoms with van der Waals surface area (Å²) in [7, 11) is 5.07. The van der Waals surface area contributed by atoms with Gasteiger partial charge in [-0.05, 0) is 18.2 Å². The molecule has 2 aromatic rings. The van der Waals surface area contributed by atoms with Crippen LogP contribution >= 0.6 is 11.6 Å². The van der Waals surface area contributed by atoms with Crippen molar-refractivity contribution in [2.75, 3.05) is 26.1 Å². The Kier molecular flexibility index (Phi) is 3.48. The van der Waals surface area contributed by atoms with Crippen molar-refractivity contribution in [2.24, 2.45) is 0 Å². The van der Waals surface area contributed by atoms with Gasteiger partial charge in [-0.1, -0.05) is 11.6 Å². The number of methoxy groups -OCH3 is 1. The summed E-state index contributed by atoms with van der Waals surface area (Å²) in [5.41, 5.74) is 0.693. The van der Waals surface area contributed by atoms with E-state index in [1.54, 1.807) is 31.1 Å². The molecule has 0 aliphatic rings. The molecule has 1 aromatic carbocycles. The minimum absolute atomic E-state index is 0.170. The van der Waals surface area contributed by atoms with Crippen molar-refractivity contribution in [1.29, 1.82) is 0 Å². The van der Waals surface area contributed by atoms with Gasteiger partial charge >= 0.3 is 5.97 Å². The number of pyridine rings is 1. The van der Waals surface area contributed by atoms with Gasteiger partial charge in [-0.15, -0.1) is 0 Å². The third-order valence-electron chi connectivity index (χ3n) is 2.76. The van der Waals surface area contributed by atoms with Gasteiger partial charge in [0.25, 0.3) is 0 Å². The molecule has 6 heteroatoms. The van der Waals surface area contributed by atoms with E-state index in [1.165, 1.54) is 13.2 Å². The smallest absolute Gasteiger partial charge is 0.336 e. The molecule has 0 spiro atoms. The lowest BCUT2D eigenvalue weighted by molar-refractivity contribution is 0.0699. The highest BCUT2D eigenvalue weighted by Crippen LogP contribution is 2.32. The molecule has 19 heavy (non-hydrogen) atoms. The van der Waals surface area contributed by atoms with Crippen LogP contribution < -0.4 is 9.64 Å². The highest BCUT2D eigenvalue weighted by Gasteiger charge is 2.15. The molecule has 0 fully saturated rings.